The molecule has 0 aromatic carbocycles. The molecular formula is C18H39S+. The zero-order chi connectivity index (χ0) is 14.2. The van der Waals surface area contributed by atoms with Crippen LogP contribution in [-0.2, 0) is 10.9 Å². The van der Waals surface area contributed by atoms with Gasteiger partial charge in [-0.15, -0.1) is 0 Å². The van der Waals surface area contributed by atoms with Crippen LogP contribution in [0.3, 0.4) is 0 Å². The third-order valence-electron chi connectivity index (χ3n) is 3.98. The Morgan fingerprint density at radius 1 is 0.474 bits per heavy atom. The predicted octanol–water partition coefficient (Wildman–Crippen LogP) is 6.35. The fourth-order valence-electron chi connectivity index (χ4n) is 2.56. The van der Waals surface area contributed by atoms with E-state index in [-0.39, 0.29) is 0 Å². The van der Waals surface area contributed by atoms with Gasteiger partial charge in [-0.1, -0.05) is 65.2 Å². The normalized spacial score (nSPS) is 11.4. The highest BCUT2D eigenvalue weighted by Crippen LogP contribution is 2.11. The molecule has 1 heteroatoms. The van der Waals surface area contributed by atoms with Gasteiger partial charge in [0.1, 0.15) is 17.3 Å². The Bertz CT molecular complexity index is 140. The quantitative estimate of drug-likeness (QED) is 0.243. The maximum absolute atomic E-state index is 2.40. The van der Waals surface area contributed by atoms with Crippen molar-refractivity contribution in [3.05, 3.63) is 0 Å². The summed E-state index contributed by atoms with van der Waals surface area (Å²) in [5.41, 5.74) is 0. The lowest BCUT2D eigenvalue weighted by Gasteiger charge is -2.07. The molecule has 0 unspecified atom stereocenters. The van der Waals surface area contributed by atoms with Gasteiger partial charge in [-0.25, -0.2) is 0 Å². The minimum atomic E-state index is 0.754. The molecule has 0 rings (SSSR count). The molecule has 0 heterocycles. The largest absolute Gasteiger partial charge is 0.108 e. The number of hydrogen-bond acceptors (Lipinski definition) is 0. The molecule has 0 bridgehead atoms. The van der Waals surface area contributed by atoms with Crippen LogP contribution < -0.4 is 0 Å². The zero-order valence-electron chi connectivity index (χ0n) is 14.0. The maximum atomic E-state index is 2.40. The van der Waals surface area contributed by atoms with Crippen molar-refractivity contribution in [3.8, 4) is 0 Å². The smallest absolute Gasteiger partial charge is 0.0654 e. The standard InChI is InChI=1S/C18H39S/c1-4-7-9-11-13-15-17-19(6-3)18-16-14-12-10-8-5-2/h4-18H2,1-3H3/q+1. The maximum Gasteiger partial charge on any atom is 0.108 e. The van der Waals surface area contributed by atoms with E-state index < -0.39 is 0 Å². The van der Waals surface area contributed by atoms with E-state index in [2.05, 4.69) is 20.8 Å². The van der Waals surface area contributed by atoms with Gasteiger partial charge in [-0.05, 0) is 43.5 Å². The van der Waals surface area contributed by atoms with E-state index in [1.165, 1.54) is 94.3 Å². The molecule has 0 aromatic heterocycles. The van der Waals surface area contributed by atoms with Gasteiger partial charge >= 0.3 is 0 Å². The second-order valence-electron chi connectivity index (χ2n) is 5.84. The molecule has 0 fully saturated rings. The summed E-state index contributed by atoms with van der Waals surface area (Å²) in [6, 6.07) is 0. The fourth-order valence-corrected chi connectivity index (χ4v) is 4.57. The van der Waals surface area contributed by atoms with E-state index in [1.807, 2.05) is 0 Å². The van der Waals surface area contributed by atoms with Crippen LogP contribution in [0.25, 0.3) is 0 Å². The van der Waals surface area contributed by atoms with Crippen molar-refractivity contribution in [3.63, 3.8) is 0 Å². The molecule has 0 aromatic rings. The Balaban J connectivity index is 3.30. The van der Waals surface area contributed by atoms with Crippen LogP contribution in [-0.4, -0.2) is 17.3 Å². The molecule has 0 amide bonds. The molecule has 0 radical (unpaired) electrons. The van der Waals surface area contributed by atoms with Crippen LogP contribution >= 0.6 is 0 Å². The van der Waals surface area contributed by atoms with Crippen molar-refractivity contribution in [1.29, 1.82) is 0 Å². The van der Waals surface area contributed by atoms with Crippen LogP contribution in [0.2, 0.25) is 0 Å². The first-order valence-electron chi connectivity index (χ1n) is 8.99. The molecule has 0 aliphatic rings. The average molecular weight is 288 g/mol. The van der Waals surface area contributed by atoms with E-state index >= 15 is 0 Å². The highest BCUT2D eigenvalue weighted by molar-refractivity contribution is 7.96. The lowest BCUT2D eigenvalue weighted by atomic mass is 10.1. The molecule has 0 N–H and O–H groups in total. The number of rotatable bonds is 15. The molecule has 0 aliphatic carbocycles. The van der Waals surface area contributed by atoms with Gasteiger partial charge in [0.05, 0.1) is 0 Å². The molecular weight excluding hydrogens is 248 g/mol. The van der Waals surface area contributed by atoms with Crippen molar-refractivity contribution >= 4 is 10.9 Å². The van der Waals surface area contributed by atoms with Crippen LogP contribution in [0.5, 0.6) is 0 Å². The van der Waals surface area contributed by atoms with Crippen LogP contribution in [0.15, 0.2) is 0 Å². The van der Waals surface area contributed by atoms with Gasteiger partial charge in [-0.3, -0.25) is 0 Å². The molecule has 0 saturated heterocycles. The molecule has 0 atom stereocenters. The van der Waals surface area contributed by atoms with Crippen molar-refractivity contribution in [1.82, 2.24) is 0 Å². The summed E-state index contributed by atoms with van der Waals surface area (Å²) >= 11 is 0. The van der Waals surface area contributed by atoms with E-state index in [0.29, 0.717) is 0 Å². The topological polar surface area (TPSA) is 0 Å². The summed E-state index contributed by atoms with van der Waals surface area (Å²) in [7, 11) is 0.754. The average Bonchev–Trinajstić information content (AvgIpc) is 2.44. The number of unbranched alkanes of at least 4 members (excludes halogenated alkanes) is 10. The van der Waals surface area contributed by atoms with Crippen molar-refractivity contribution in [2.24, 2.45) is 0 Å². The Morgan fingerprint density at radius 2 is 0.842 bits per heavy atom. The lowest BCUT2D eigenvalue weighted by Crippen LogP contribution is -2.14. The van der Waals surface area contributed by atoms with Crippen molar-refractivity contribution < 1.29 is 0 Å². The van der Waals surface area contributed by atoms with Crippen LogP contribution in [0.1, 0.15) is 97.8 Å². The van der Waals surface area contributed by atoms with Gasteiger partial charge in [0.25, 0.3) is 0 Å². The molecule has 0 aliphatic heterocycles. The summed E-state index contributed by atoms with van der Waals surface area (Å²) in [4.78, 5) is 0. The molecule has 19 heavy (non-hydrogen) atoms. The van der Waals surface area contributed by atoms with E-state index in [0.717, 1.165) is 10.9 Å². The highest BCUT2D eigenvalue weighted by Gasteiger charge is 2.13. The van der Waals surface area contributed by atoms with Crippen LogP contribution in [0, 0.1) is 0 Å². The monoisotopic (exact) mass is 287 g/mol. The van der Waals surface area contributed by atoms with E-state index in [1.54, 1.807) is 0 Å². The van der Waals surface area contributed by atoms with Crippen molar-refractivity contribution in [2.75, 3.05) is 17.3 Å². The summed E-state index contributed by atoms with van der Waals surface area (Å²) in [5, 5.41) is 0. The molecule has 116 valence electrons. The van der Waals surface area contributed by atoms with Gasteiger partial charge in [0.2, 0.25) is 0 Å². The molecule has 0 saturated carbocycles. The third-order valence-corrected chi connectivity index (χ3v) is 6.53. The predicted molar refractivity (Wildman–Crippen MR) is 94.4 cm³/mol. The van der Waals surface area contributed by atoms with Gasteiger partial charge in [0, 0.05) is 0 Å². The first-order valence-corrected chi connectivity index (χ1v) is 10.7. The second-order valence-corrected chi connectivity index (χ2v) is 8.46. The first-order chi connectivity index (χ1) is 9.35. The summed E-state index contributed by atoms with van der Waals surface area (Å²) in [6.07, 6.45) is 17.5. The van der Waals surface area contributed by atoms with E-state index in [4.69, 9.17) is 0 Å². The summed E-state index contributed by atoms with van der Waals surface area (Å²) in [6.45, 7) is 7.00. The highest BCUT2D eigenvalue weighted by atomic mass is 32.2. The van der Waals surface area contributed by atoms with Gasteiger partial charge in [0.15, 0.2) is 0 Å². The Labute approximate surface area is 126 Å². The number of hydrogen-bond donors (Lipinski definition) is 0. The molecule has 0 nitrogen and oxygen atoms in total. The second kappa shape index (κ2) is 16.4. The van der Waals surface area contributed by atoms with Gasteiger partial charge in [-0.2, -0.15) is 0 Å². The third kappa shape index (κ3) is 14.6. The fraction of sp³-hybridized carbons (Fsp3) is 1.00. The summed E-state index contributed by atoms with van der Waals surface area (Å²) in [5.74, 6) is 4.49. The minimum absolute atomic E-state index is 0.754. The Hall–Kier alpha value is 0.350. The summed E-state index contributed by atoms with van der Waals surface area (Å²) < 4.78 is 0. The first kappa shape index (κ1) is 19.4. The van der Waals surface area contributed by atoms with Gasteiger partial charge < -0.3 is 0 Å². The zero-order valence-corrected chi connectivity index (χ0v) is 14.8. The van der Waals surface area contributed by atoms with E-state index in [9.17, 15) is 0 Å². The Morgan fingerprint density at radius 3 is 1.21 bits per heavy atom. The lowest BCUT2D eigenvalue weighted by molar-refractivity contribution is 0.622. The van der Waals surface area contributed by atoms with Crippen molar-refractivity contribution in [2.45, 2.75) is 97.8 Å². The SMILES string of the molecule is CCCCCCCC[S+](CC)CCCCCCCC. The Kier molecular flexibility index (Phi) is 16.7. The van der Waals surface area contributed by atoms with Crippen LogP contribution in [0.4, 0.5) is 0 Å². The molecule has 0 spiro atoms. The minimum Gasteiger partial charge on any atom is -0.0654 e.